The van der Waals surface area contributed by atoms with Crippen molar-refractivity contribution < 1.29 is 75.8 Å². The second kappa shape index (κ2) is 19.3. The van der Waals surface area contributed by atoms with Crippen LogP contribution in [0.3, 0.4) is 0 Å². The number of azide groups is 1. The molecule has 1 aromatic carbocycles. The van der Waals surface area contributed by atoms with Crippen LogP contribution in [-0.4, -0.2) is 119 Å². The number of nitrogens with zero attached hydrogens (tertiary/aromatic N) is 3. The Labute approximate surface area is 319 Å². The number of benzene rings is 1. The summed E-state index contributed by atoms with van der Waals surface area (Å²) in [4.78, 5) is 77.8. The summed E-state index contributed by atoms with van der Waals surface area (Å²) in [6, 6.07) is 6.60. The molecule has 2 aliphatic heterocycles. The molecule has 2 heterocycles. The molecular formula is C35H49N3O16Si. The Morgan fingerprint density at radius 1 is 0.691 bits per heavy atom. The largest absolute Gasteiger partial charge is 0.463 e. The van der Waals surface area contributed by atoms with Crippen LogP contribution in [0.5, 0.6) is 0 Å². The van der Waals surface area contributed by atoms with Crippen molar-refractivity contribution in [3.8, 4) is 0 Å². The molecule has 0 bridgehead atoms. The standard InChI is InChI=1S/C35H49N3O16Si/c1-18(39)45-16-24-28(48-20(3)41)30(49-21(4)42)31(50-22(5)43)34(52-24)53-29-26(37-38-36)33(54-55(9,10)35(6,7)8)51-25(27(29)47-19(2)40)17-46-32(44)23-14-12-11-13-15-23/h11-15,24-31,33-34H,16-17H2,1-10H3/t24-,25-,26-,27+,28+,29-,30+,31-,33+,34+/m1/s1. The van der Waals surface area contributed by atoms with Crippen LogP contribution in [0.25, 0.3) is 10.4 Å². The molecule has 0 N–H and O–H groups in total. The van der Waals surface area contributed by atoms with Crippen molar-refractivity contribution in [2.45, 2.75) is 135 Å². The van der Waals surface area contributed by atoms with E-state index in [1.54, 1.807) is 18.2 Å². The van der Waals surface area contributed by atoms with Crippen LogP contribution >= 0.6 is 0 Å². The summed E-state index contributed by atoms with van der Waals surface area (Å²) in [6.07, 6.45) is -13.8. The molecule has 0 saturated carbocycles. The van der Waals surface area contributed by atoms with Gasteiger partial charge in [-0.25, -0.2) is 4.79 Å². The number of hydrogen-bond acceptors (Lipinski definition) is 17. The Morgan fingerprint density at radius 2 is 1.16 bits per heavy atom. The number of carbonyl (C=O) groups excluding carboxylic acids is 6. The highest BCUT2D eigenvalue weighted by Crippen LogP contribution is 2.41. The molecular weight excluding hydrogens is 746 g/mol. The zero-order chi connectivity index (χ0) is 41.2. The Morgan fingerprint density at radius 3 is 1.65 bits per heavy atom. The van der Waals surface area contributed by atoms with Crippen molar-refractivity contribution in [1.82, 2.24) is 0 Å². The van der Waals surface area contributed by atoms with Crippen molar-refractivity contribution >= 4 is 44.1 Å². The second-order valence-corrected chi connectivity index (χ2v) is 19.1. The summed E-state index contributed by atoms with van der Waals surface area (Å²) in [5, 5.41) is 3.53. The number of esters is 6. The molecule has 0 aromatic heterocycles. The van der Waals surface area contributed by atoms with E-state index in [1.807, 2.05) is 33.9 Å². The average molecular weight is 796 g/mol. The van der Waals surface area contributed by atoms with Crippen LogP contribution in [0, 0.1) is 0 Å². The van der Waals surface area contributed by atoms with Crippen molar-refractivity contribution in [1.29, 1.82) is 0 Å². The fourth-order valence-corrected chi connectivity index (χ4v) is 6.66. The number of ether oxygens (including phenoxy) is 9. The fraction of sp³-hybridized carbons (Fsp3) is 0.657. The summed E-state index contributed by atoms with van der Waals surface area (Å²) in [5.74, 6) is -4.95. The van der Waals surface area contributed by atoms with Crippen LogP contribution in [0.4, 0.5) is 0 Å². The van der Waals surface area contributed by atoms with Gasteiger partial charge < -0.3 is 47.1 Å². The third kappa shape index (κ3) is 12.5. The van der Waals surface area contributed by atoms with E-state index in [2.05, 4.69) is 10.0 Å². The Balaban J connectivity index is 2.21. The molecule has 55 heavy (non-hydrogen) atoms. The summed E-state index contributed by atoms with van der Waals surface area (Å²) in [6.45, 7) is 14.0. The van der Waals surface area contributed by atoms with Crippen molar-refractivity contribution in [3.63, 3.8) is 0 Å². The lowest BCUT2D eigenvalue weighted by Gasteiger charge is -2.50. The van der Waals surface area contributed by atoms with E-state index in [4.69, 9.17) is 47.1 Å². The topological polar surface area (TPSA) is 243 Å². The summed E-state index contributed by atoms with van der Waals surface area (Å²) < 4.78 is 58.6. The molecule has 3 rings (SSSR count). The first kappa shape index (κ1) is 44.8. The molecule has 0 aliphatic carbocycles. The smallest absolute Gasteiger partial charge is 0.338 e. The summed E-state index contributed by atoms with van der Waals surface area (Å²) in [5.41, 5.74) is 10.0. The van der Waals surface area contributed by atoms with E-state index in [0.29, 0.717) is 0 Å². The lowest BCUT2D eigenvalue weighted by Crippen LogP contribution is -2.67. The van der Waals surface area contributed by atoms with Gasteiger partial charge in [0.05, 0.1) is 5.56 Å². The predicted molar refractivity (Wildman–Crippen MR) is 189 cm³/mol. The Hall–Kier alpha value is -4.59. The van der Waals surface area contributed by atoms with E-state index in [-0.39, 0.29) is 5.56 Å². The molecule has 2 saturated heterocycles. The van der Waals surface area contributed by atoms with Gasteiger partial charge in [0.2, 0.25) is 0 Å². The predicted octanol–water partition coefficient (Wildman–Crippen LogP) is 3.67. The first-order chi connectivity index (χ1) is 25.6. The van der Waals surface area contributed by atoms with Crippen LogP contribution in [0.2, 0.25) is 18.1 Å². The van der Waals surface area contributed by atoms with Gasteiger partial charge in [-0.05, 0) is 35.8 Å². The molecule has 304 valence electrons. The molecule has 20 heteroatoms. The first-order valence-electron chi connectivity index (χ1n) is 17.4. The maximum absolute atomic E-state index is 13.1. The Kier molecular flexibility index (Phi) is 15.7. The van der Waals surface area contributed by atoms with Gasteiger partial charge in [0.1, 0.15) is 37.6 Å². The number of rotatable bonds is 14. The van der Waals surface area contributed by atoms with E-state index in [0.717, 1.165) is 34.6 Å². The van der Waals surface area contributed by atoms with Gasteiger partial charge in [-0.3, -0.25) is 24.0 Å². The molecule has 10 atom stereocenters. The monoisotopic (exact) mass is 795 g/mol. The minimum Gasteiger partial charge on any atom is -0.463 e. The zero-order valence-corrected chi connectivity index (χ0v) is 33.4. The lowest BCUT2D eigenvalue weighted by molar-refractivity contribution is -0.341. The minimum absolute atomic E-state index is 0.216. The van der Waals surface area contributed by atoms with Gasteiger partial charge in [-0.1, -0.05) is 44.1 Å². The number of carbonyl (C=O) groups is 6. The molecule has 0 radical (unpaired) electrons. The summed E-state index contributed by atoms with van der Waals surface area (Å²) in [7, 11) is -2.78. The third-order valence-corrected chi connectivity index (χ3v) is 13.4. The van der Waals surface area contributed by atoms with Crippen LogP contribution in [0.15, 0.2) is 35.4 Å². The highest BCUT2D eigenvalue weighted by molar-refractivity contribution is 6.74. The third-order valence-electron chi connectivity index (χ3n) is 8.95. The minimum atomic E-state index is -2.78. The van der Waals surface area contributed by atoms with Crippen LogP contribution < -0.4 is 0 Å². The second-order valence-electron chi connectivity index (χ2n) is 14.3. The zero-order valence-electron chi connectivity index (χ0n) is 32.4. The van der Waals surface area contributed by atoms with Gasteiger partial charge >= 0.3 is 35.8 Å². The van der Waals surface area contributed by atoms with Crippen molar-refractivity contribution in [2.75, 3.05) is 13.2 Å². The highest BCUT2D eigenvalue weighted by Gasteiger charge is 2.57. The van der Waals surface area contributed by atoms with Crippen molar-refractivity contribution in [3.05, 3.63) is 46.3 Å². The molecule has 0 unspecified atom stereocenters. The quantitative estimate of drug-likeness (QED) is 0.0651. The number of hydrogen-bond donors (Lipinski definition) is 0. The SMILES string of the molecule is CC(=O)OC[C@H]1O[C@@H](O[C@@H]2[C@@H](N=[N+]=[N-])[C@H](O[Si](C)(C)C(C)(C)C)O[C@H](COC(=O)c3ccccc3)[C@@H]2OC(C)=O)[C@H](OC(C)=O)[C@@H](OC(C)=O)[C@H]1OC(C)=O. The maximum Gasteiger partial charge on any atom is 0.338 e. The molecule has 0 amide bonds. The lowest BCUT2D eigenvalue weighted by atomic mass is 9.95. The highest BCUT2D eigenvalue weighted by atomic mass is 28.4. The van der Waals surface area contributed by atoms with E-state index in [1.165, 1.54) is 12.1 Å². The van der Waals surface area contributed by atoms with E-state index in [9.17, 15) is 34.3 Å². The molecule has 19 nitrogen and oxygen atoms in total. The van der Waals surface area contributed by atoms with Gasteiger partial charge in [0, 0.05) is 39.5 Å². The van der Waals surface area contributed by atoms with Gasteiger partial charge in [-0.2, -0.15) is 0 Å². The Bertz CT molecular complexity index is 1600. The maximum atomic E-state index is 13.1. The van der Waals surface area contributed by atoms with Crippen LogP contribution in [-0.2, 0) is 71.0 Å². The molecule has 2 aliphatic rings. The van der Waals surface area contributed by atoms with Crippen molar-refractivity contribution in [2.24, 2.45) is 5.11 Å². The van der Waals surface area contributed by atoms with E-state index >= 15 is 0 Å². The van der Waals surface area contributed by atoms with Crippen LogP contribution in [0.1, 0.15) is 65.7 Å². The molecule has 1 aromatic rings. The first-order valence-corrected chi connectivity index (χ1v) is 20.3. The molecule has 2 fully saturated rings. The summed E-state index contributed by atoms with van der Waals surface area (Å²) >= 11 is 0. The van der Waals surface area contributed by atoms with E-state index < -0.39 is 124 Å². The van der Waals surface area contributed by atoms with Gasteiger partial charge in [-0.15, -0.1) is 0 Å². The van der Waals surface area contributed by atoms with Gasteiger partial charge in [0.25, 0.3) is 0 Å². The average Bonchev–Trinajstić information content (AvgIpc) is 3.07. The van der Waals surface area contributed by atoms with Gasteiger partial charge in [0.15, 0.2) is 45.3 Å². The normalized spacial score (nSPS) is 28.0. The fourth-order valence-electron chi connectivity index (χ4n) is 5.53. The molecule has 0 spiro atoms.